The van der Waals surface area contributed by atoms with Gasteiger partial charge in [0.2, 0.25) is 0 Å². The number of benzene rings is 2. The maximum Gasteiger partial charge on any atom is 1.00 e. The van der Waals surface area contributed by atoms with E-state index in [1.54, 1.807) is 12.1 Å². The second kappa shape index (κ2) is 15.4. The number of aliphatic hydroxyl groups is 2. The Hall–Kier alpha value is -0.610. The number of aliphatic carboxylic acids is 1. The zero-order valence-corrected chi connectivity index (χ0v) is 23.5. The van der Waals surface area contributed by atoms with Crippen molar-refractivity contribution in [2.75, 3.05) is 13.2 Å². The molecule has 7 nitrogen and oxygen atoms in total. The van der Waals surface area contributed by atoms with Crippen molar-refractivity contribution in [3.05, 3.63) is 58.7 Å². The van der Waals surface area contributed by atoms with Crippen LogP contribution in [0.25, 0.3) is 0 Å². The summed E-state index contributed by atoms with van der Waals surface area (Å²) in [6.45, 7) is 0.489. The zero-order valence-electron chi connectivity index (χ0n) is 19.5. The molecule has 0 amide bonds. The van der Waals surface area contributed by atoms with Crippen molar-refractivity contribution in [3.63, 3.8) is 0 Å². The fourth-order valence-corrected chi connectivity index (χ4v) is 3.89. The van der Waals surface area contributed by atoms with Crippen molar-refractivity contribution in [2.45, 2.75) is 57.3 Å². The van der Waals surface area contributed by atoms with Gasteiger partial charge in [0.15, 0.2) is 0 Å². The van der Waals surface area contributed by atoms with Crippen LogP contribution in [0.3, 0.4) is 0 Å². The topological polar surface area (TPSA) is 125 Å². The molecule has 33 heavy (non-hydrogen) atoms. The molecule has 1 aliphatic carbocycles. The molecule has 2 aromatic rings. The number of aliphatic hydroxyl groups excluding tert-OH is 2. The van der Waals surface area contributed by atoms with Gasteiger partial charge in [0.05, 0.1) is 19.3 Å². The molecule has 0 saturated carbocycles. The number of rotatable bonds is 11. The fourth-order valence-electron chi connectivity index (χ4n) is 3.89. The molecule has 0 bridgehead atoms. The van der Waals surface area contributed by atoms with Crippen molar-refractivity contribution in [2.24, 2.45) is 0 Å². The molecule has 0 fully saturated rings. The Morgan fingerprint density at radius 3 is 2.67 bits per heavy atom. The van der Waals surface area contributed by atoms with Crippen LogP contribution in [-0.2, 0) is 24.2 Å². The van der Waals surface area contributed by atoms with Gasteiger partial charge in [0.1, 0.15) is 5.75 Å². The van der Waals surface area contributed by atoms with E-state index >= 15 is 0 Å². The van der Waals surface area contributed by atoms with Crippen LogP contribution in [0.2, 0.25) is 0 Å². The average molecular weight is 473 g/mol. The minimum atomic E-state index is -1.03. The van der Waals surface area contributed by atoms with E-state index in [2.05, 4.69) is 11.4 Å². The number of carbonyl (C=O) groups is 1. The summed E-state index contributed by atoms with van der Waals surface area (Å²) in [5.74, 6) is -0.483. The van der Waals surface area contributed by atoms with E-state index in [-0.39, 0.29) is 89.5 Å². The maximum absolute atomic E-state index is 11.6. The summed E-state index contributed by atoms with van der Waals surface area (Å²) < 4.78 is 5.76. The zero-order chi connectivity index (χ0) is 22.2. The van der Waals surface area contributed by atoms with Gasteiger partial charge in [-0.15, -0.1) is 5.75 Å². The van der Waals surface area contributed by atoms with Crippen LogP contribution in [0.15, 0.2) is 36.4 Å². The third-order valence-electron chi connectivity index (χ3n) is 5.69. The monoisotopic (exact) mass is 473 g/mol. The molecule has 1 unspecified atom stereocenters. The van der Waals surface area contributed by atoms with Crippen molar-refractivity contribution >= 4 is 5.97 Å². The first kappa shape index (κ1) is 30.4. The Morgan fingerprint density at radius 2 is 1.94 bits per heavy atom. The summed E-state index contributed by atoms with van der Waals surface area (Å²) >= 11 is 0. The number of carbonyl (C=O) groups excluding carboxylic acids is 1. The summed E-state index contributed by atoms with van der Waals surface area (Å²) in [5, 5.41) is 45.2. The van der Waals surface area contributed by atoms with Gasteiger partial charge in [0.25, 0.3) is 0 Å². The predicted octanol–water partition coefficient (Wildman–Crippen LogP) is -5.26. The molecule has 168 valence electrons. The third-order valence-corrected chi connectivity index (χ3v) is 5.69. The van der Waals surface area contributed by atoms with Crippen LogP contribution in [0.5, 0.6) is 11.5 Å². The second-order valence-electron chi connectivity index (χ2n) is 8.00. The van der Waals surface area contributed by atoms with Gasteiger partial charge in [-0.25, -0.2) is 0 Å². The molecule has 2 aromatic carbocycles. The van der Waals surface area contributed by atoms with Gasteiger partial charge < -0.3 is 35.3 Å². The number of hydrogen-bond acceptors (Lipinski definition) is 7. The van der Waals surface area contributed by atoms with Gasteiger partial charge in [-0.05, 0) is 72.9 Å². The molecule has 0 radical (unpaired) electrons. The van der Waals surface area contributed by atoms with E-state index in [9.17, 15) is 25.2 Å². The summed E-state index contributed by atoms with van der Waals surface area (Å²) in [6.07, 6.45) is 3.22. The van der Waals surface area contributed by atoms with Crippen LogP contribution >= 0.6 is 0 Å². The van der Waals surface area contributed by atoms with Gasteiger partial charge in [-0.3, -0.25) is 0 Å². The number of carboxylic acids is 1. The SMILES string of the molecule is O=C([O-])CCCCOc1ccc2c(c1)C[C@@H](NCC(O)c1ccc([O-])c(CO)c1)CC2.[Na+].[Na+]. The first-order chi connectivity index (χ1) is 15.0. The number of hydrogen-bond donors (Lipinski definition) is 3. The largest absolute Gasteiger partial charge is 1.00 e. The standard InChI is InChI=1S/C24H31NO6.2Na/c26-15-19-11-17(6-9-22(19)27)23(28)14-25-20-7-4-16-5-8-21(13-18(16)12-20)31-10-2-1-3-24(29)30;;/h5-6,8-9,11,13,20,23,25-28H,1-4,7,10,12,14-15H2,(H,29,30);;/q;2*+1/p-2/t20-,23?;;/m0../s1. The van der Waals surface area contributed by atoms with Crippen LogP contribution in [0.1, 0.15) is 54.0 Å². The van der Waals surface area contributed by atoms with E-state index in [1.165, 1.54) is 17.2 Å². The minimum Gasteiger partial charge on any atom is -0.872 e. The normalized spacial score (nSPS) is 15.5. The maximum atomic E-state index is 11.6. The fraction of sp³-hybridized carbons (Fsp3) is 0.458. The van der Waals surface area contributed by atoms with Crippen LogP contribution < -0.4 is 79.4 Å². The number of ether oxygens (including phenoxy) is 1. The Morgan fingerprint density at radius 1 is 1.15 bits per heavy atom. The van der Waals surface area contributed by atoms with Crippen molar-refractivity contribution in [1.82, 2.24) is 5.32 Å². The molecule has 3 N–H and O–H groups in total. The van der Waals surface area contributed by atoms with Crippen molar-refractivity contribution in [1.29, 1.82) is 0 Å². The molecule has 2 atom stereocenters. The second-order valence-corrected chi connectivity index (χ2v) is 8.00. The molecule has 0 aromatic heterocycles. The quantitative estimate of drug-likeness (QED) is 0.220. The number of fused-ring (bicyclic) bond motifs is 1. The number of nitrogens with one attached hydrogen (secondary N) is 1. The van der Waals surface area contributed by atoms with Gasteiger partial charge >= 0.3 is 59.1 Å². The Labute approximate surface area is 239 Å². The van der Waals surface area contributed by atoms with Gasteiger partial charge in [-0.2, -0.15) is 0 Å². The molecule has 0 aliphatic heterocycles. The van der Waals surface area contributed by atoms with Crippen molar-refractivity contribution < 1.29 is 89.1 Å². The summed E-state index contributed by atoms with van der Waals surface area (Å²) in [4.78, 5) is 10.4. The van der Waals surface area contributed by atoms with Crippen LogP contribution in [0.4, 0.5) is 0 Å². The molecule has 9 heteroatoms. The van der Waals surface area contributed by atoms with E-state index in [0.717, 1.165) is 25.0 Å². The molecular weight excluding hydrogens is 444 g/mol. The van der Waals surface area contributed by atoms with Gasteiger partial charge in [0, 0.05) is 18.6 Å². The molecule has 0 heterocycles. The molecule has 0 spiro atoms. The summed E-state index contributed by atoms with van der Waals surface area (Å²) in [5.41, 5.74) is 3.40. The number of carboxylic acid groups (broad SMARTS) is 1. The molecular formula is C24H29NNa2O6. The Bertz CT molecular complexity index is 895. The van der Waals surface area contributed by atoms with E-state index < -0.39 is 12.1 Å². The Kier molecular flexibility index (Phi) is 14.2. The van der Waals surface area contributed by atoms with E-state index in [1.807, 2.05) is 12.1 Å². The number of aryl methyl sites for hydroxylation is 1. The Balaban J connectivity index is 0.00000272. The van der Waals surface area contributed by atoms with E-state index in [4.69, 9.17) is 4.74 Å². The first-order valence-electron chi connectivity index (χ1n) is 10.7. The molecule has 0 saturated heterocycles. The van der Waals surface area contributed by atoms with E-state index in [0.29, 0.717) is 31.6 Å². The third kappa shape index (κ3) is 9.51. The minimum absolute atomic E-state index is 0. The summed E-state index contributed by atoms with van der Waals surface area (Å²) in [6, 6.07) is 10.8. The van der Waals surface area contributed by atoms with Crippen molar-refractivity contribution in [3.8, 4) is 11.5 Å². The van der Waals surface area contributed by atoms with Crippen LogP contribution in [-0.4, -0.2) is 35.4 Å². The molecule has 3 rings (SSSR count). The predicted molar refractivity (Wildman–Crippen MR) is 111 cm³/mol. The van der Waals surface area contributed by atoms with Crippen LogP contribution in [0, 0.1) is 0 Å². The smallest absolute Gasteiger partial charge is 0.872 e. The van der Waals surface area contributed by atoms with Gasteiger partial charge in [-0.1, -0.05) is 24.3 Å². The summed E-state index contributed by atoms with van der Waals surface area (Å²) in [7, 11) is 0. The first-order valence-corrected chi connectivity index (χ1v) is 10.7. The number of unbranched alkanes of at least 4 members (excludes halogenated alkanes) is 1. The average Bonchev–Trinajstić information content (AvgIpc) is 2.77. The molecule has 1 aliphatic rings.